The van der Waals surface area contributed by atoms with E-state index in [9.17, 15) is 0 Å². The fourth-order valence-electron chi connectivity index (χ4n) is 4.38. The van der Waals surface area contributed by atoms with Gasteiger partial charge in [0.1, 0.15) is 0 Å². The zero-order chi connectivity index (χ0) is 21.0. The maximum Gasteiger partial charge on any atom is 0.0537 e. The highest BCUT2D eigenvalue weighted by molar-refractivity contribution is 5.09. The molecule has 0 spiro atoms. The van der Waals surface area contributed by atoms with Crippen LogP contribution in [0.1, 0.15) is 142 Å². The van der Waals surface area contributed by atoms with E-state index in [0.717, 1.165) is 0 Å². The minimum Gasteiger partial charge on any atom is -0.347 e. The molecule has 168 valence electrons. The lowest BCUT2D eigenvalue weighted by Crippen LogP contribution is -2.08. The molecule has 0 bridgehead atoms. The first-order valence-electron chi connectivity index (χ1n) is 13.1. The maximum absolute atomic E-state index is 2.53. The van der Waals surface area contributed by atoms with Crippen LogP contribution in [0.15, 0.2) is 36.2 Å². The molecule has 1 atom stereocenters. The SMILES string of the molecule is CCCCCCCCCCCCC/C=C(\C)C(CCCCCCC)n1cccc1. The van der Waals surface area contributed by atoms with Crippen molar-refractivity contribution in [2.45, 2.75) is 142 Å². The Bertz CT molecular complexity index is 471. The van der Waals surface area contributed by atoms with Crippen molar-refractivity contribution in [1.29, 1.82) is 0 Å². The van der Waals surface area contributed by atoms with E-state index in [1.165, 1.54) is 116 Å². The Labute approximate surface area is 183 Å². The van der Waals surface area contributed by atoms with Gasteiger partial charge in [-0.2, -0.15) is 0 Å². The topological polar surface area (TPSA) is 4.93 Å². The Morgan fingerprint density at radius 1 is 0.655 bits per heavy atom. The predicted octanol–water partition coefficient (Wildman–Crippen LogP) is 10.0. The van der Waals surface area contributed by atoms with Crippen molar-refractivity contribution in [3.8, 4) is 0 Å². The second kappa shape index (κ2) is 19.0. The van der Waals surface area contributed by atoms with Crippen molar-refractivity contribution in [3.63, 3.8) is 0 Å². The largest absolute Gasteiger partial charge is 0.347 e. The highest BCUT2D eigenvalue weighted by atomic mass is 15.0. The van der Waals surface area contributed by atoms with Gasteiger partial charge in [-0.3, -0.25) is 0 Å². The van der Waals surface area contributed by atoms with Crippen LogP contribution in [0.2, 0.25) is 0 Å². The molecule has 1 rings (SSSR count). The van der Waals surface area contributed by atoms with Gasteiger partial charge in [-0.15, -0.1) is 0 Å². The summed E-state index contributed by atoms with van der Waals surface area (Å²) >= 11 is 0. The molecule has 0 N–H and O–H groups in total. The Morgan fingerprint density at radius 2 is 1.10 bits per heavy atom. The lowest BCUT2D eigenvalue weighted by Gasteiger charge is -2.20. The van der Waals surface area contributed by atoms with Crippen molar-refractivity contribution < 1.29 is 0 Å². The summed E-state index contributed by atoms with van der Waals surface area (Å²) in [6.45, 7) is 6.95. The average molecular weight is 402 g/mol. The first kappa shape index (κ1) is 26.1. The van der Waals surface area contributed by atoms with E-state index in [1.807, 2.05) is 0 Å². The summed E-state index contributed by atoms with van der Waals surface area (Å²) in [6, 6.07) is 4.90. The second-order valence-corrected chi connectivity index (χ2v) is 9.12. The molecule has 0 aliphatic heterocycles. The minimum absolute atomic E-state index is 0.569. The summed E-state index contributed by atoms with van der Waals surface area (Å²) in [5.41, 5.74) is 1.57. The molecule has 1 aromatic rings. The Hall–Kier alpha value is -0.980. The molecule has 0 aromatic carbocycles. The predicted molar refractivity (Wildman–Crippen MR) is 132 cm³/mol. The highest BCUT2D eigenvalue weighted by Crippen LogP contribution is 2.25. The molecule has 0 radical (unpaired) electrons. The van der Waals surface area contributed by atoms with Crippen molar-refractivity contribution in [2.24, 2.45) is 0 Å². The molecular weight excluding hydrogens is 350 g/mol. The van der Waals surface area contributed by atoms with Crippen LogP contribution in [0.4, 0.5) is 0 Å². The highest BCUT2D eigenvalue weighted by Gasteiger charge is 2.11. The Balaban J connectivity index is 2.16. The van der Waals surface area contributed by atoms with Crippen molar-refractivity contribution >= 4 is 0 Å². The van der Waals surface area contributed by atoms with Gasteiger partial charge in [0, 0.05) is 12.4 Å². The first-order chi connectivity index (χ1) is 14.3. The zero-order valence-corrected chi connectivity index (χ0v) is 20.1. The van der Waals surface area contributed by atoms with Crippen LogP contribution in [0.25, 0.3) is 0 Å². The molecule has 0 saturated heterocycles. The molecule has 0 saturated carbocycles. The monoisotopic (exact) mass is 401 g/mol. The number of hydrogen-bond donors (Lipinski definition) is 0. The van der Waals surface area contributed by atoms with Crippen molar-refractivity contribution in [1.82, 2.24) is 4.57 Å². The number of hydrogen-bond acceptors (Lipinski definition) is 0. The molecule has 0 aliphatic rings. The maximum atomic E-state index is 2.53. The molecular formula is C28H51N. The summed E-state index contributed by atoms with van der Waals surface area (Å²) in [4.78, 5) is 0. The standard InChI is InChI=1S/C28H51N/c1-4-6-8-10-11-12-13-14-15-16-18-19-23-27(3)28(29-25-21-22-26-29)24-20-17-9-7-5-2/h21-23,25-26,28H,4-20,24H2,1-3H3/b27-23+. The molecule has 1 aromatic heterocycles. The van der Waals surface area contributed by atoms with Crippen molar-refractivity contribution in [2.75, 3.05) is 0 Å². The number of nitrogens with zero attached hydrogens (tertiary/aromatic N) is 1. The summed E-state index contributed by atoms with van der Waals surface area (Å²) in [5, 5.41) is 0. The quantitative estimate of drug-likeness (QED) is 0.151. The molecule has 0 fully saturated rings. The second-order valence-electron chi connectivity index (χ2n) is 9.12. The minimum atomic E-state index is 0.569. The summed E-state index contributed by atoms with van der Waals surface area (Å²) < 4.78 is 2.42. The van der Waals surface area contributed by atoms with Gasteiger partial charge in [0.2, 0.25) is 0 Å². The number of allylic oxidation sites excluding steroid dienone is 2. The van der Waals surface area contributed by atoms with Crippen LogP contribution in [-0.4, -0.2) is 4.57 Å². The summed E-state index contributed by atoms with van der Waals surface area (Å²) in [7, 11) is 0. The van der Waals surface area contributed by atoms with Gasteiger partial charge >= 0.3 is 0 Å². The molecule has 1 unspecified atom stereocenters. The van der Waals surface area contributed by atoms with Gasteiger partial charge in [0.15, 0.2) is 0 Å². The molecule has 29 heavy (non-hydrogen) atoms. The first-order valence-corrected chi connectivity index (χ1v) is 13.1. The molecule has 0 aliphatic carbocycles. The Kier molecular flexibility index (Phi) is 17.1. The third-order valence-electron chi connectivity index (χ3n) is 6.37. The molecule has 1 nitrogen and oxygen atoms in total. The van der Waals surface area contributed by atoms with Gasteiger partial charge in [-0.25, -0.2) is 0 Å². The Morgan fingerprint density at radius 3 is 1.62 bits per heavy atom. The molecule has 1 heterocycles. The van der Waals surface area contributed by atoms with E-state index >= 15 is 0 Å². The van der Waals surface area contributed by atoms with Crippen LogP contribution >= 0.6 is 0 Å². The molecule has 0 amide bonds. The van der Waals surface area contributed by atoms with Gasteiger partial charge in [0.05, 0.1) is 6.04 Å². The van der Waals surface area contributed by atoms with Gasteiger partial charge in [-0.1, -0.05) is 122 Å². The number of aromatic nitrogens is 1. The zero-order valence-electron chi connectivity index (χ0n) is 20.1. The number of unbranched alkanes of at least 4 members (excludes halogenated alkanes) is 15. The number of rotatable bonds is 20. The van der Waals surface area contributed by atoms with Crippen LogP contribution in [-0.2, 0) is 0 Å². The van der Waals surface area contributed by atoms with Crippen LogP contribution in [0, 0.1) is 0 Å². The average Bonchev–Trinajstić information content (AvgIpc) is 3.25. The lowest BCUT2D eigenvalue weighted by molar-refractivity contribution is 0.487. The van der Waals surface area contributed by atoms with E-state index in [0.29, 0.717) is 6.04 Å². The fourth-order valence-corrected chi connectivity index (χ4v) is 4.38. The fraction of sp³-hybridized carbons (Fsp3) is 0.786. The van der Waals surface area contributed by atoms with Crippen LogP contribution in [0.5, 0.6) is 0 Å². The van der Waals surface area contributed by atoms with Crippen molar-refractivity contribution in [3.05, 3.63) is 36.2 Å². The van der Waals surface area contributed by atoms with Gasteiger partial charge < -0.3 is 4.57 Å². The van der Waals surface area contributed by atoms with Crippen LogP contribution in [0.3, 0.4) is 0 Å². The third-order valence-corrected chi connectivity index (χ3v) is 6.37. The summed E-state index contributed by atoms with van der Waals surface area (Å²) in [6.07, 6.45) is 32.1. The van der Waals surface area contributed by atoms with E-state index in [4.69, 9.17) is 0 Å². The van der Waals surface area contributed by atoms with Crippen LogP contribution < -0.4 is 0 Å². The normalized spacial score (nSPS) is 13.1. The van der Waals surface area contributed by atoms with Gasteiger partial charge in [0.25, 0.3) is 0 Å². The van der Waals surface area contributed by atoms with E-state index < -0.39 is 0 Å². The van der Waals surface area contributed by atoms with Gasteiger partial charge in [-0.05, 0) is 38.3 Å². The van der Waals surface area contributed by atoms with E-state index in [2.05, 4.69) is 55.9 Å². The lowest BCUT2D eigenvalue weighted by atomic mass is 9.98. The third kappa shape index (κ3) is 13.8. The smallest absolute Gasteiger partial charge is 0.0537 e. The summed E-state index contributed by atoms with van der Waals surface area (Å²) in [5.74, 6) is 0. The van der Waals surface area contributed by atoms with E-state index in [1.54, 1.807) is 5.57 Å². The van der Waals surface area contributed by atoms with E-state index in [-0.39, 0.29) is 0 Å². The molecule has 1 heteroatoms.